The second-order valence-corrected chi connectivity index (χ2v) is 7.14. The highest BCUT2D eigenvalue weighted by Gasteiger charge is 2.08. The third-order valence-corrected chi connectivity index (χ3v) is 5.18. The first-order valence-electron chi connectivity index (χ1n) is 9.60. The molecule has 4 aromatic carbocycles. The van der Waals surface area contributed by atoms with Gasteiger partial charge < -0.3 is 15.9 Å². The first-order chi connectivity index (χ1) is 14.9. The number of carboxylic acid groups (broad SMARTS) is 2. The summed E-state index contributed by atoms with van der Waals surface area (Å²) in [7, 11) is 0. The average Bonchev–Trinajstić information content (AvgIpc) is 2.79. The van der Waals surface area contributed by atoms with E-state index in [4.69, 9.17) is 15.9 Å². The molecule has 31 heavy (non-hydrogen) atoms. The molecule has 0 saturated heterocycles. The molecule has 4 aromatic rings. The van der Waals surface area contributed by atoms with Crippen LogP contribution >= 0.6 is 0 Å². The molecule has 0 aliphatic heterocycles. The van der Waals surface area contributed by atoms with Gasteiger partial charge in [0.2, 0.25) is 0 Å². The van der Waals surface area contributed by atoms with Crippen LogP contribution in [0.1, 0.15) is 20.7 Å². The zero-order valence-corrected chi connectivity index (χ0v) is 16.4. The van der Waals surface area contributed by atoms with Crippen LogP contribution in [0.3, 0.4) is 0 Å². The Morgan fingerprint density at radius 3 is 1.29 bits per heavy atom. The van der Waals surface area contributed by atoms with Crippen LogP contribution in [0.4, 0.5) is 5.69 Å². The first-order valence-corrected chi connectivity index (χ1v) is 9.60. The van der Waals surface area contributed by atoms with Gasteiger partial charge in [0.1, 0.15) is 0 Å². The van der Waals surface area contributed by atoms with Crippen LogP contribution in [0, 0.1) is 0 Å². The Kier molecular flexibility index (Phi) is 5.24. The lowest BCUT2D eigenvalue weighted by Gasteiger charge is -2.10. The molecular formula is C26H19NO4. The van der Waals surface area contributed by atoms with Gasteiger partial charge in [-0.2, -0.15) is 0 Å². The van der Waals surface area contributed by atoms with Crippen molar-refractivity contribution in [3.8, 4) is 33.4 Å². The average molecular weight is 409 g/mol. The minimum absolute atomic E-state index is 0.233. The van der Waals surface area contributed by atoms with E-state index in [2.05, 4.69) is 0 Å². The van der Waals surface area contributed by atoms with Gasteiger partial charge in [-0.25, -0.2) is 9.59 Å². The zero-order valence-electron chi connectivity index (χ0n) is 16.4. The van der Waals surface area contributed by atoms with Gasteiger partial charge in [-0.15, -0.1) is 0 Å². The van der Waals surface area contributed by atoms with Gasteiger partial charge in [0, 0.05) is 11.3 Å². The van der Waals surface area contributed by atoms with Crippen molar-refractivity contribution in [2.24, 2.45) is 0 Å². The monoisotopic (exact) mass is 409 g/mol. The lowest BCUT2D eigenvalue weighted by atomic mass is 9.96. The summed E-state index contributed by atoms with van der Waals surface area (Å²) >= 11 is 0. The standard InChI is InChI=1S/C26H19NO4/c27-24-15-22(13-14-23(24)19-7-11-21(12-8-19)26(30)31)18-3-1-16(2-4-18)17-5-9-20(10-6-17)25(28)29/h1-15H,27H2,(H,28,29)(H,30,31). The number of rotatable bonds is 5. The van der Waals surface area contributed by atoms with Crippen molar-refractivity contribution in [3.63, 3.8) is 0 Å². The van der Waals surface area contributed by atoms with Gasteiger partial charge in [0.15, 0.2) is 0 Å². The minimum Gasteiger partial charge on any atom is -0.478 e. The fourth-order valence-electron chi connectivity index (χ4n) is 3.46. The highest BCUT2D eigenvalue weighted by Crippen LogP contribution is 2.32. The van der Waals surface area contributed by atoms with E-state index in [1.165, 1.54) is 0 Å². The normalized spacial score (nSPS) is 10.6. The Labute approximate surface area is 179 Å². The fraction of sp³-hybridized carbons (Fsp3) is 0. The van der Waals surface area contributed by atoms with Crippen molar-refractivity contribution in [3.05, 3.63) is 102 Å². The molecule has 152 valence electrons. The minimum atomic E-state index is -0.962. The maximum Gasteiger partial charge on any atom is 0.335 e. The van der Waals surface area contributed by atoms with E-state index in [-0.39, 0.29) is 11.1 Å². The van der Waals surface area contributed by atoms with Gasteiger partial charge >= 0.3 is 11.9 Å². The van der Waals surface area contributed by atoms with Crippen molar-refractivity contribution in [1.82, 2.24) is 0 Å². The van der Waals surface area contributed by atoms with Crippen LogP contribution in [0.2, 0.25) is 0 Å². The van der Waals surface area contributed by atoms with Gasteiger partial charge in [0.05, 0.1) is 11.1 Å². The SMILES string of the molecule is Nc1cc(-c2ccc(-c3ccc(C(=O)O)cc3)cc2)ccc1-c1ccc(C(=O)O)cc1. The lowest BCUT2D eigenvalue weighted by molar-refractivity contribution is 0.0686. The van der Waals surface area contributed by atoms with E-state index in [0.717, 1.165) is 33.4 Å². The van der Waals surface area contributed by atoms with Crippen molar-refractivity contribution in [1.29, 1.82) is 0 Å². The van der Waals surface area contributed by atoms with E-state index in [0.29, 0.717) is 5.69 Å². The summed E-state index contributed by atoms with van der Waals surface area (Å²) in [5.74, 6) is -1.91. The summed E-state index contributed by atoms with van der Waals surface area (Å²) in [5, 5.41) is 18.1. The van der Waals surface area contributed by atoms with E-state index >= 15 is 0 Å². The van der Waals surface area contributed by atoms with E-state index in [1.807, 2.05) is 42.5 Å². The Morgan fingerprint density at radius 2 is 0.871 bits per heavy atom. The maximum absolute atomic E-state index is 11.0. The largest absolute Gasteiger partial charge is 0.478 e. The van der Waals surface area contributed by atoms with Crippen molar-refractivity contribution >= 4 is 17.6 Å². The molecule has 4 rings (SSSR count). The Morgan fingerprint density at radius 1 is 0.516 bits per heavy atom. The van der Waals surface area contributed by atoms with Crippen LogP contribution in [0.25, 0.3) is 33.4 Å². The number of benzene rings is 4. The lowest BCUT2D eigenvalue weighted by Crippen LogP contribution is -1.96. The summed E-state index contributed by atoms with van der Waals surface area (Å²) in [6, 6.07) is 27.2. The van der Waals surface area contributed by atoms with Gasteiger partial charge in [-0.1, -0.05) is 60.7 Å². The number of carbonyl (C=O) groups is 2. The molecule has 0 heterocycles. The molecule has 0 spiro atoms. The van der Waals surface area contributed by atoms with E-state index < -0.39 is 11.9 Å². The van der Waals surface area contributed by atoms with Crippen molar-refractivity contribution < 1.29 is 19.8 Å². The van der Waals surface area contributed by atoms with Crippen LogP contribution in [0.15, 0.2) is 91.0 Å². The van der Waals surface area contributed by atoms with Crippen LogP contribution in [-0.2, 0) is 0 Å². The molecule has 0 aliphatic rings. The third kappa shape index (κ3) is 4.16. The molecule has 0 bridgehead atoms. The Balaban J connectivity index is 1.58. The summed E-state index contributed by atoms with van der Waals surface area (Å²) in [6.45, 7) is 0. The molecule has 0 saturated carbocycles. The third-order valence-electron chi connectivity index (χ3n) is 5.18. The van der Waals surface area contributed by atoms with Gasteiger partial charge in [0.25, 0.3) is 0 Å². The second kappa shape index (κ2) is 8.16. The summed E-state index contributed by atoms with van der Waals surface area (Å²) in [5.41, 5.74) is 13.0. The number of aromatic carboxylic acids is 2. The molecule has 0 aliphatic carbocycles. The molecule has 0 radical (unpaired) electrons. The van der Waals surface area contributed by atoms with Crippen molar-refractivity contribution in [2.45, 2.75) is 0 Å². The highest BCUT2D eigenvalue weighted by molar-refractivity contribution is 5.90. The predicted octanol–water partition coefficient (Wildman–Crippen LogP) is 5.67. The van der Waals surface area contributed by atoms with Crippen LogP contribution < -0.4 is 5.73 Å². The molecule has 0 fully saturated rings. The smallest absolute Gasteiger partial charge is 0.335 e. The predicted molar refractivity (Wildman–Crippen MR) is 121 cm³/mol. The number of carboxylic acids is 2. The molecular weight excluding hydrogens is 390 g/mol. The van der Waals surface area contributed by atoms with E-state index in [9.17, 15) is 9.59 Å². The quantitative estimate of drug-likeness (QED) is 0.369. The molecule has 0 aromatic heterocycles. The maximum atomic E-state index is 11.0. The van der Waals surface area contributed by atoms with E-state index in [1.54, 1.807) is 48.5 Å². The second-order valence-electron chi connectivity index (χ2n) is 7.14. The fourth-order valence-corrected chi connectivity index (χ4v) is 3.46. The topological polar surface area (TPSA) is 101 Å². The van der Waals surface area contributed by atoms with Gasteiger partial charge in [-0.05, 0) is 58.1 Å². The first kappa shape index (κ1) is 19.9. The van der Waals surface area contributed by atoms with Crippen LogP contribution in [-0.4, -0.2) is 22.2 Å². The Bertz CT molecular complexity index is 1260. The molecule has 0 unspecified atom stereocenters. The Hall–Kier alpha value is -4.38. The number of anilines is 1. The molecule has 0 amide bonds. The molecule has 5 nitrogen and oxygen atoms in total. The number of nitrogen functional groups attached to an aromatic ring is 1. The summed E-state index contributed by atoms with van der Waals surface area (Å²) in [4.78, 5) is 22.0. The molecule has 0 atom stereocenters. The number of hydrogen-bond acceptors (Lipinski definition) is 3. The van der Waals surface area contributed by atoms with Gasteiger partial charge in [-0.3, -0.25) is 0 Å². The summed E-state index contributed by atoms with van der Waals surface area (Å²) < 4.78 is 0. The molecule has 4 N–H and O–H groups in total. The van der Waals surface area contributed by atoms with Crippen LogP contribution in [0.5, 0.6) is 0 Å². The number of nitrogens with two attached hydrogens (primary N) is 1. The summed E-state index contributed by atoms with van der Waals surface area (Å²) in [6.07, 6.45) is 0. The number of hydrogen-bond donors (Lipinski definition) is 3. The highest BCUT2D eigenvalue weighted by atomic mass is 16.4. The van der Waals surface area contributed by atoms with Crippen molar-refractivity contribution in [2.75, 3.05) is 5.73 Å². The molecule has 5 heteroatoms. The zero-order chi connectivity index (χ0) is 22.0.